The number of nitro benzene ring substituents is 1. The largest absolute Gasteiger partial charge is 0.465 e. The number of methoxy groups -OCH3 is 1. The van der Waals surface area contributed by atoms with Gasteiger partial charge in [-0.15, -0.1) is 0 Å². The number of benzene rings is 2. The Bertz CT molecular complexity index is 1240. The van der Waals surface area contributed by atoms with E-state index in [1.807, 2.05) is 17.9 Å². The maximum absolute atomic E-state index is 12.8. The van der Waals surface area contributed by atoms with Crippen LogP contribution in [0.2, 0.25) is 0 Å². The number of hydrogen-bond donors (Lipinski definition) is 1. The van der Waals surface area contributed by atoms with E-state index in [0.29, 0.717) is 54.3 Å². The number of piperazine rings is 1. The van der Waals surface area contributed by atoms with Gasteiger partial charge in [0.15, 0.2) is 0 Å². The molecule has 1 N–H and O–H groups in total. The molecular weight excluding hydrogens is 428 g/mol. The first kappa shape index (κ1) is 21.9. The van der Waals surface area contributed by atoms with Gasteiger partial charge in [0.05, 0.1) is 40.5 Å². The molecule has 1 saturated heterocycles. The minimum absolute atomic E-state index is 0.0342. The summed E-state index contributed by atoms with van der Waals surface area (Å²) in [6.07, 6.45) is 1.58. The molecule has 4 rings (SSSR count). The smallest absolute Gasteiger partial charge is 0.339 e. The van der Waals surface area contributed by atoms with Crippen molar-refractivity contribution in [3.8, 4) is 0 Å². The van der Waals surface area contributed by atoms with Crippen LogP contribution in [0.5, 0.6) is 0 Å². The van der Waals surface area contributed by atoms with Crippen molar-refractivity contribution in [2.45, 2.75) is 6.92 Å². The normalized spacial score (nSPS) is 13.6. The maximum atomic E-state index is 12.8. The fourth-order valence-corrected chi connectivity index (χ4v) is 3.63. The van der Waals surface area contributed by atoms with Crippen molar-refractivity contribution < 1.29 is 19.2 Å². The number of amides is 2. The van der Waals surface area contributed by atoms with Crippen LogP contribution in [-0.2, 0) is 4.74 Å². The Labute approximate surface area is 189 Å². The summed E-state index contributed by atoms with van der Waals surface area (Å²) >= 11 is 0. The molecule has 0 unspecified atom stereocenters. The lowest BCUT2D eigenvalue weighted by atomic mass is 10.1. The van der Waals surface area contributed by atoms with Gasteiger partial charge in [0.25, 0.3) is 5.69 Å². The number of rotatable bonds is 4. The summed E-state index contributed by atoms with van der Waals surface area (Å²) in [6, 6.07) is 9.23. The van der Waals surface area contributed by atoms with Crippen molar-refractivity contribution in [3.05, 3.63) is 63.8 Å². The van der Waals surface area contributed by atoms with Crippen molar-refractivity contribution in [2.24, 2.45) is 0 Å². The molecule has 0 bridgehead atoms. The van der Waals surface area contributed by atoms with E-state index in [9.17, 15) is 19.7 Å². The quantitative estimate of drug-likeness (QED) is 0.365. The third kappa shape index (κ3) is 4.66. The van der Waals surface area contributed by atoms with Gasteiger partial charge in [-0.05, 0) is 25.1 Å². The van der Waals surface area contributed by atoms with Crippen LogP contribution in [0.1, 0.15) is 15.9 Å². The van der Waals surface area contributed by atoms with Gasteiger partial charge in [0.2, 0.25) is 0 Å². The van der Waals surface area contributed by atoms with Crippen LogP contribution in [0.3, 0.4) is 0 Å². The average Bonchev–Trinajstić information content (AvgIpc) is 2.84. The van der Waals surface area contributed by atoms with E-state index >= 15 is 0 Å². The molecule has 0 atom stereocenters. The third-order valence-electron chi connectivity index (χ3n) is 5.44. The highest BCUT2D eigenvalue weighted by molar-refractivity contribution is 6.01. The molecule has 33 heavy (non-hydrogen) atoms. The number of nitrogens with zero attached hydrogens (tertiary/aromatic N) is 5. The van der Waals surface area contributed by atoms with Gasteiger partial charge < -0.3 is 19.9 Å². The SMILES string of the molecule is COC(=O)c1cc(C)ccc1NC(=O)N1CCN(c2cnc3cc([N+](=O)[O-])ccc3n2)CC1. The molecule has 0 aliphatic carbocycles. The van der Waals surface area contributed by atoms with Gasteiger partial charge in [0.1, 0.15) is 5.82 Å². The molecule has 0 saturated carbocycles. The van der Waals surface area contributed by atoms with Gasteiger partial charge in [-0.25, -0.2) is 14.6 Å². The van der Waals surface area contributed by atoms with Gasteiger partial charge in [-0.1, -0.05) is 11.6 Å². The Balaban J connectivity index is 1.42. The van der Waals surface area contributed by atoms with E-state index in [1.54, 1.807) is 29.3 Å². The molecule has 11 heteroatoms. The summed E-state index contributed by atoms with van der Waals surface area (Å²) in [6.45, 7) is 3.83. The highest BCUT2D eigenvalue weighted by Gasteiger charge is 2.24. The molecule has 1 aliphatic rings. The van der Waals surface area contributed by atoms with Crippen LogP contribution in [-0.4, -0.2) is 65.1 Å². The highest BCUT2D eigenvalue weighted by Crippen LogP contribution is 2.22. The van der Waals surface area contributed by atoms with Crippen molar-refractivity contribution in [1.82, 2.24) is 14.9 Å². The molecule has 2 heterocycles. The number of nitrogens with one attached hydrogen (secondary N) is 1. The molecule has 170 valence electrons. The monoisotopic (exact) mass is 450 g/mol. The summed E-state index contributed by atoms with van der Waals surface area (Å²) in [5.74, 6) is 0.127. The van der Waals surface area contributed by atoms with E-state index in [4.69, 9.17) is 4.74 Å². The second-order valence-corrected chi connectivity index (χ2v) is 7.60. The van der Waals surface area contributed by atoms with Gasteiger partial charge in [0, 0.05) is 38.3 Å². The number of hydrogen-bond acceptors (Lipinski definition) is 8. The minimum Gasteiger partial charge on any atom is -0.465 e. The molecule has 1 aromatic heterocycles. The predicted molar refractivity (Wildman–Crippen MR) is 122 cm³/mol. The van der Waals surface area contributed by atoms with Crippen LogP contribution < -0.4 is 10.2 Å². The average molecular weight is 450 g/mol. The van der Waals surface area contributed by atoms with Crippen LogP contribution >= 0.6 is 0 Å². The second-order valence-electron chi connectivity index (χ2n) is 7.60. The first-order valence-corrected chi connectivity index (χ1v) is 10.3. The summed E-state index contributed by atoms with van der Waals surface area (Å²) in [4.78, 5) is 47.8. The fraction of sp³-hybridized carbons (Fsp3) is 0.273. The molecule has 2 aromatic carbocycles. The first-order valence-electron chi connectivity index (χ1n) is 10.3. The molecule has 1 aliphatic heterocycles. The number of carbonyl (C=O) groups is 2. The van der Waals surface area contributed by atoms with Crippen LogP contribution in [0.25, 0.3) is 11.0 Å². The number of non-ortho nitro benzene ring substituents is 1. The topological polar surface area (TPSA) is 131 Å². The van der Waals surface area contributed by atoms with Gasteiger partial charge in [-0.3, -0.25) is 15.1 Å². The number of ether oxygens (including phenoxy) is 1. The van der Waals surface area contributed by atoms with Crippen molar-refractivity contribution in [3.63, 3.8) is 0 Å². The molecular formula is C22H22N6O5. The number of esters is 1. The lowest BCUT2D eigenvalue weighted by Crippen LogP contribution is -2.50. The van der Waals surface area contributed by atoms with Gasteiger partial charge in [-0.2, -0.15) is 0 Å². The van der Waals surface area contributed by atoms with E-state index in [-0.39, 0.29) is 11.7 Å². The van der Waals surface area contributed by atoms with E-state index < -0.39 is 10.9 Å². The number of nitro groups is 1. The lowest BCUT2D eigenvalue weighted by molar-refractivity contribution is -0.384. The van der Waals surface area contributed by atoms with E-state index in [1.165, 1.54) is 19.2 Å². The summed E-state index contributed by atoms with van der Waals surface area (Å²) < 4.78 is 4.81. The van der Waals surface area contributed by atoms with Gasteiger partial charge >= 0.3 is 12.0 Å². The molecule has 0 spiro atoms. The van der Waals surface area contributed by atoms with E-state index in [0.717, 1.165) is 5.56 Å². The first-order chi connectivity index (χ1) is 15.9. The molecule has 0 radical (unpaired) electrons. The Morgan fingerprint density at radius 2 is 1.85 bits per heavy atom. The number of aryl methyl sites for hydroxylation is 1. The Hall–Kier alpha value is -4.28. The number of anilines is 2. The van der Waals surface area contributed by atoms with Crippen molar-refractivity contribution >= 4 is 40.2 Å². The zero-order chi connectivity index (χ0) is 23.5. The van der Waals surface area contributed by atoms with Crippen molar-refractivity contribution in [1.29, 1.82) is 0 Å². The third-order valence-corrected chi connectivity index (χ3v) is 5.44. The summed E-state index contributed by atoms with van der Waals surface area (Å²) in [7, 11) is 1.30. The zero-order valence-electron chi connectivity index (χ0n) is 18.1. The van der Waals surface area contributed by atoms with E-state index in [2.05, 4.69) is 15.3 Å². The molecule has 1 fully saturated rings. The van der Waals surface area contributed by atoms with Crippen LogP contribution in [0, 0.1) is 17.0 Å². The summed E-state index contributed by atoms with van der Waals surface area (Å²) in [5.41, 5.74) is 2.56. The van der Waals surface area contributed by atoms with Crippen LogP contribution in [0.15, 0.2) is 42.6 Å². The zero-order valence-corrected chi connectivity index (χ0v) is 18.1. The Morgan fingerprint density at radius 3 is 2.55 bits per heavy atom. The molecule has 2 amide bonds. The maximum Gasteiger partial charge on any atom is 0.339 e. The number of aromatic nitrogens is 2. The molecule has 11 nitrogen and oxygen atoms in total. The minimum atomic E-state index is -0.515. The fourth-order valence-electron chi connectivity index (χ4n) is 3.63. The predicted octanol–water partition coefficient (Wildman–Crippen LogP) is 2.99. The molecule has 3 aromatic rings. The number of fused-ring (bicyclic) bond motifs is 1. The summed E-state index contributed by atoms with van der Waals surface area (Å²) in [5, 5.41) is 13.7. The lowest BCUT2D eigenvalue weighted by Gasteiger charge is -2.35. The highest BCUT2D eigenvalue weighted by atomic mass is 16.6. The second kappa shape index (κ2) is 9.07. The Kier molecular flexibility index (Phi) is 6.03. The number of urea groups is 1. The van der Waals surface area contributed by atoms with Crippen molar-refractivity contribution in [2.75, 3.05) is 43.5 Å². The number of carbonyl (C=O) groups excluding carboxylic acids is 2. The van der Waals surface area contributed by atoms with Crippen LogP contribution in [0.4, 0.5) is 22.0 Å². The standard InChI is InChI=1S/C22H22N6O5/c1-14-3-5-17(16(11-14)21(29)33-2)25-22(30)27-9-7-26(8-10-27)20-13-23-19-12-15(28(31)32)4-6-18(19)24-20/h3-6,11-13H,7-10H2,1-2H3,(H,25,30). The Morgan fingerprint density at radius 1 is 1.09 bits per heavy atom.